The van der Waals surface area contributed by atoms with E-state index < -0.39 is 67.2 Å². The molecule has 10 nitrogen and oxygen atoms in total. The van der Waals surface area contributed by atoms with Crippen molar-refractivity contribution in [3.8, 4) is 0 Å². The molecule has 43 heavy (non-hydrogen) atoms. The fraction of sp³-hybridized carbons (Fsp3) is 0.909. The van der Waals surface area contributed by atoms with Gasteiger partial charge in [-0.15, -0.1) is 0 Å². The SMILES string of the molecule is CCC1OC(OC2C(OC(C)CCCCCC/C=C\CCCCCCCC(=O)O)OC(CC)C(O)C2O)C(O)C(C)C1O. The third-order valence-electron chi connectivity index (χ3n) is 8.81. The molecule has 252 valence electrons. The van der Waals surface area contributed by atoms with Crippen LogP contribution in [0.3, 0.4) is 0 Å². The Kier molecular flexibility index (Phi) is 18.4. The lowest BCUT2D eigenvalue weighted by atomic mass is 9.89. The summed E-state index contributed by atoms with van der Waals surface area (Å²) in [6.45, 7) is 7.45. The summed E-state index contributed by atoms with van der Waals surface area (Å²) in [5.41, 5.74) is 0. The van der Waals surface area contributed by atoms with E-state index in [4.69, 9.17) is 24.1 Å². The molecule has 0 aromatic rings. The molecule has 11 atom stereocenters. The van der Waals surface area contributed by atoms with Gasteiger partial charge in [-0.2, -0.15) is 0 Å². The number of carboxylic acids is 1. The molecular formula is C33H60O10. The number of rotatable bonds is 21. The Bertz CT molecular complexity index is 777. The number of unbranched alkanes of at least 4 members (excludes halogenated alkanes) is 9. The normalized spacial score (nSPS) is 34.0. The summed E-state index contributed by atoms with van der Waals surface area (Å²) in [5.74, 6) is -1.19. The first-order valence-electron chi connectivity index (χ1n) is 16.8. The highest BCUT2D eigenvalue weighted by Gasteiger charge is 2.50. The number of allylic oxidation sites excluding steroid dienone is 2. The summed E-state index contributed by atoms with van der Waals surface area (Å²) in [7, 11) is 0. The molecule has 0 bridgehead atoms. The topological polar surface area (TPSA) is 155 Å². The Labute approximate surface area is 258 Å². The quantitative estimate of drug-likeness (QED) is 0.0894. The van der Waals surface area contributed by atoms with E-state index in [9.17, 15) is 25.2 Å². The monoisotopic (exact) mass is 616 g/mol. The van der Waals surface area contributed by atoms with Crippen LogP contribution in [0.15, 0.2) is 12.2 Å². The predicted octanol–water partition coefficient (Wildman–Crippen LogP) is 4.84. The fourth-order valence-electron chi connectivity index (χ4n) is 5.87. The molecule has 0 saturated carbocycles. The van der Waals surface area contributed by atoms with Gasteiger partial charge in [-0.25, -0.2) is 0 Å². The minimum Gasteiger partial charge on any atom is -0.481 e. The Morgan fingerprint density at radius 2 is 1.28 bits per heavy atom. The zero-order valence-corrected chi connectivity index (χ0v) is 26.9. The smallest absolute Gasteiger partial charge is 0.303 e. The lowest BCUT2D eigenvalue weighted by Crippen LogP contribution is -2.62. The molecule has 0 aromatic carbocycles. The van der Waals surface area contributed by atoms with Crippen LogP contribution in [0.1, 0.15) is 124 Å². The van der Waals surface area contributed by atoms with Crippen LogP contribution in [0.25, 0.3) is 0 Å². The molecule has 0 aliphatic carbocycles. The van der Waals surface area contributed by atoms with E-state index in [2.05, 4.69) is 12.2 Å². The second-order valence-electron chi connectivity index (χ2n) is 12.4. The molecule has 2 fully saturated rings. The third kappa shape index (κ3) is 13.0. The summed E-state index contributed by atoms with van der Waals surface area (Å²) in [4.78, 5) is 10.5. The summed E-state index contributed by atoms with van der Waals surface area (Å²) in [6, 6.07) is 0. The largest absolute Gasteiger partial charge is 0.481 e. The molecule has 11 unspecified atom stereocenters. The molecule has 2 aliphatic rings. The Morgan fingerprint density at radius 1 is 0.744 bits per heavy atom. The van der Waals surface area contributed by atoms with Gasteiger partial charge in [0, 0.05) is 12.3 Å². The highest BCUT2D eigenvalue weighted by Crippen LogP contribution is 2.33. The summed E-state index contributed by atoms with van der Waals surface area (Å²) >= 11 is 0. The number of aliphatic hydroxyl groups excluding tert-OH is 4. The molecule has 0 radical (unpaired) electrons. The van der Waals surface area contributed by atoms with Gasteiger partial charge in [0.05, 0.1) is 24.4 Å². The first-order valence-corrected chi connectivity index (χ1v) is 16.8. The van der Waals surface area contributed by atoms with Gasteiger partial charge >= 0.3 is 5.97 Å². The second-order valence-corrected chi connectivity index (χ2v) is 12.4. The molecule has 2 saturated heterocycles. The van der Waals surface area contributed by atoms with Crippen LogP contribution in [0.4, 0.5) is 0 Å². The lowest BCUT2D eigenvalue weighted by molar-refractivity contribution is -0.365. The van der Waals surface area contributed by atoms with Crippen LogP contribution >= 0.6 is 0 Å². The van der Waals surface area contributed by atoms with Crippen LogP contribution in [0, 0.1) is 5.92 Å². The zero-order chi connectivity index (χ0) is 31.8. The maximum atomic E-state index is 11.0. The van der Waals surface area contributed by atoms with Gasteiger partial charge in [0.15, 0.2) is 12.6 Å². The first-order chi connectivity index (χ1) is 20.6. The van der Waals surface area contributed by atoms with Crippen molar-refractivity contribution in [3.63, 3.8) is 0 Å². The molecular weight excluding hydrogens is 556 g/mol. The number of ether oxygens (including phenoxy) is 4. The van der Waals surface area contributed by atoms with Crippen molar-refractivity contribution < 1.29 is 49.3 Å². The van der Waals surface area contributed by atoms with E-state index in [1.54, 1.807) is 6.92 Å². The molecule has 5 N–H and O–H groups in total. The minimum atomic E-state index is -1.29. The van der Waals surface area contributed by atoms with Gasteiger partial charge in [-0.3, -0.25) is 4.79 Å². The summed E-state index contributed by atoms with van der Waals surface area (Å²) in [5, 5.41) is 51.4. The van der Waals surface area contributed by atoms with Crippen molar-refractivity contribution in [1.82, 2.24) is 0 Å². The van der Waals surface area contributed by atoms with E-state index in [-0.39, 0.29) is 12.5 Å². The number of hydrogen-bond donors (Lipinski definition) is 5. The van der Waals surface area contributed by atoms with Crippen molar-refractivity contribution >= 4 is 5.97 Å². The molecule has 0 spiro atoms. The molecule has 0 amide bonds. The van der Waals surface area contributed by atoms with E-state index in [0.717, 1.165) is 77.0 Å². The average molecular weight is 617 g/mol. The van der Waals surface area contributed by atoms with E-state index in [1.165, 1.54) is 0 Å². The van der Waals surface area contributed by atoms with Crippen LogP contribution in [0.5, 0.6) is 0 Å². The van der Waals surface area contributed by atoms with Crippen molar-refractivity contribution in [2.24, 2.45) is 5.92 Å². The Balaban J connectivity index is 1.71. The third-order valence-corrected chi connectivity index (χ3v) is 8.81. The van der Waals surface area contributed by atoms with E-state index in [0.29, 0.717) is 12.8 Å². The number of carboxylic acid groups (broad SMARTS) is 1. The molecule has 0 aromatic heterocycles. The summed E-state index contributed by atoms with van der Waals surface area (Å²) < 4.78 is 24.1. The highest BCUT2D eigenvalue weighted by atomic mass is 16.8. The van der Waals surface area contributed by atoms with E-state index >= 15 is 0 Å². The van der Waals surface area contributed by atoms with Gasteiger partial charge in [-0.05, 0) is 58.3 Å². The molecule has 2 aliphatic heterocycles. The maximum Gasteiger partial charge on any atom is 0.303 e. The number of aliphatic carboxylic acids is 1. The second kappa shape index (κ2) is 20.8. The van der Waals surface area contributed by atoms with Gasteiger partial charge in [0.2, 0.25) is 0 Å². The van der Waals surface area contributed by atoms with Crippen LogP contribution in [-0.4, -0.2) is 92.9 Å². The van der Waals surface area contributed by atoms with Gasteiger partial charge in [0.1, 0.15) is 24.4 Å². The van der Waals surface area contributed by atoms with Gasteiger partial charge < -0.3 is 44.5 Å². The zero-order valence-electron chi connectivity index (χ0n) is 26.9. The van der Waals surface area contributed by atoms with Crippen molar-refractivity contribution in [1.29, 1.82) is 0 Å². The van der Waals surface area contributed by atoms with Crippen molar-refractivity contribution in [3.05, 3.63) is 12.2 Å². The number of aliphatic hydroxyl groups is 4. The number of hydrogen-bond acceptors (Lipinski definition) is 9. The van der Waals surface area contributed by atoms with Crippen LogP contribution in [-0.2, 0) is 23.7 Å². The van der Waals surface area contributed by atoms with E-state index in [1.807, 2.05) is 20.8 Å². The van der Waals surface area contributed by atoms with Gasteiger partial charge in [0.25, 0.3) is 0 Å². The first kappa shape index (κ1) is 38.1. The fourth-order valence-corrected chi connectivity index (χ4v) is 5.87. The standard InChI is InChI=1S/C33H60O10/c1-5-24-27(36)23(4)28(37)32(41-24)43-31-30(39)29(38)25(6-2)42-33(31)40-22(3)20-18-16-14-12-10-8-7-9-11-13-15-17-19-21-26(34)35/h7-8,22-25,27-33,36-39H,5-6,9-21H2,1-4H3,(H,34,35)/b8-7-. The molecule has 10 heteroatoms. The summed E-state index contributed by atoms with van der Waals surface area (Å²) in [6.07, 6.45) is 9.55. The predicted molar refractivity (Wildman–Crippen MR) is 163 cm³/mol. The molecule has 2 heterocycles. The van der Waals surface area contributed by atoms with Crippen LogP contribution in [0.2, 0.25) is 0 Å². The van der Waals surface area contributed by atoms with Gasteiger partial charge in [-0.1, -0.05) is 71.4 Å². The van der Waals surface area contributed by atoms with Crippen LogP contribution < -0.4 is 0 Å². The molecule has 2 rings (SSSR count). The Hall–Kier alpha value is -1.11. The van der Waals surface area contributed by atoms with Crippen molar-refractivity contribution in [2.45, 2.75) is 185 Å². The number of carbonyl (C=O) groups is 1. The van der Waals surface area contributed by atoms with Crippen molar-refractivity contribution in [2.75, 3.05) is 0 Å². The minimum absolute atomic E-state index is 0.165. The lowest BCUT2D eigenvalue weighted by Gasteiger charge is -2.47. The maximum absolute atomic E-state index is 11.0. The highest BCUT2D eigenvalue weighted by molar-refractivity contribution is 5.66. The Morgan fingerprint density at radius 3 is 1.88 bits per heavy atom. The average Bonchev–Trinajstić information content (AvgIpc) is 2.98.